The molecule has 0 aliphatic carbocycles. The summed E-state index contributed by atoms with van der Waals surface area (Å²) >= 11 is 0. The molecule has 2 saturated heterocycles. The Morgan fingerprint density at radius 1 is 0.556 bits per heavy atom. The van der Waals surface area contributed by atoms with Crippen LogP contribution in [0.2, 0.25) is 0 Å². The number of hydrogen-bond donors (Lipinski definition) is 0. The molecule has 0 radical (unpaired) electrons. The van der Waals surface area contributed by atoms with Crippen LogP contribution in [-0.4, -0.2) is 64.1 Å². The molecule has 2 aliphatic heterocycles. The van der Waals surface area contributed by atoms with Crippen molar-refractivity contribution in [3.8, 4) is 33.8 Å². The van der Waals surface area contributed by atoms with Crippen molar-refractivity contribution in [3.63, 3.8) is 0 Å². The van der Waals surface area contributed by atoms with Crippen molar-refractivity contribution in [1.29, 1.82) is 0 Å². The Bertz CT molecular complexity index is 1020. The van der Waals surface area contributed by atoms with Gasteiger partial charge in [0.1, 0.15) is 49.1 Å². The van der Waals surface area contributed by atoms with E-state index in [0.29, 0.717) is 13.2 Å². The lowest BCUT2D eigenvalue weighted by Gasteiger charge is -2.15. The second kappa shape index (κ2) is 11.0. The lowest BCUT2D eigenvalue weighted by molar-refractivity contribution is 0.0373. The van der Waals surface area contributed by atoms with Crippen molar-refractivity contribution in [2.24, 2.45) is 0 Å². The van der Waals surface area contributed by atoms with E-state index in [2.05, 4.69) is 48.5 Å². The number of rotatable bonds is 12. The molecule has 0 bridgehead atoms. The van der Waals surface area contributed by atoms with Crippen molar-refractivity contribution in [2.75, 3.05) is 27.4 Å². The number of ether oxygens (including phenoxy) is 6. The van der Waals surface area contributed by atoms with Crippen LogP contribution in [0.4, 0.5) is 0 Å². The highest BCUT2D eigenvalue weighted by Crippen LogP contribution is 2.30. The molecule has 0 spiro atoms. The molecule has 6 heteroatoms. The van der Waals surface area contributed by atoms with Crippen LogP contribution in [-0.2, 0) is 18.9 Å². The maximum atomic E-state index is 5.91. The van der Waals surface area contributed by atoms with Gasteiger partial charge in [-0.3, -0.25) is 0 Å². The minimum Gasteiger partial charge on any atom is -0.491 e. The van der Waals surface area contributed by atoms with Crippen molar-refractivity contribution < 1.29 is 28.4 Å². The highest BCUT2D eigenvalue weighted by molar-refractivity contribution is 5.71. The molecule has 6 atom stereocenters. The number of benzene rings is 3. The largest absolute Gasteiger partial charge is 0.491 e. The monoisotopic (exact) mass is 490 g/mol. The maximum Gasteiger partial charge on any atom is 0.120 e. The molecule has 5 rings (SSSR count). The number of epoxide rings is 2. The van der Waals surface area contributed by atoms with Crippen molar-refractivity contribution in [2.45, 2.75) is 50.5 Å². The third kappa shape index (κ3) is 5.90. The Morgan fingerprint density at radius 3 is 1.08 bits per heavy atom. The summed E-state index contributed by atoms with van der Waals surface area (Å²) in [6.45, 7) is 5.05. The first-order valence-electron chi connectivity index (χ1n) is 12.5. The zero-order chi connectivity index (χ0) is 25.1. The molecule has 0 N–H and O–H groups in total. The summed E-state index contributed by atoms with van der Waals surface area (Å²) in [5, 5.41) is 0. The minimum atomic E-state index is -0.0451. The van der Waals surface area contributed by atoms with Crippen LogP contribution in [0.5, 0.6) is 11.5 Å². The van der Waals surface area contributed by atoms with Gasteiger partial charge >= 0.3 is 0 Å². The second-order valence-electron chi connectivity index (χ2n) is 9.41. The van der Waals surface area contributed by atoms with Gasteiger partial charge in [0.2, 0.25) is 0 Å². The quantitative estimate of drug-likeness (QED) is 0.318. The van der Waals surface area contributed by atoms with Gasteiger partial charge in [-0.15, -0.1) is 0 Å². The average Bonchev–Trinajstić information content (AvgIpc) is 3.84. The zero-order valence-electron chi connectivity index (χ0n) is 21.3. The summed E-state index contributed by atoms with van der Waals surface area (Å²) in [4.78, 5) is 0. The Kier molecular flexibility index (Phi) is 7.58. The van der Waals surface area contributed by atoms with Gasteiger partial charge in [-0.1, -0.05) is 48.5 Å². The van der Waals surface area contributed by atoms with Crippen LogP contribution in [0.1, 0.15) is 13.8 Å². The first kappa shape index (κ1) is 24.8. The average molecular weight is 491 g/mol. The zero-order valence-corrected chi connectivity index (χ0v) is 21.3. The molecule has 6 nitrogen and oxygen atoms in total. The summed E-state index contributed by atoms with van der Waals surface area (Å²) in [5.74, 6) is 1.65. The predicted molar refractivity (Wildman–Crippen MR) is 139 cm³/mol. The SMILES string of the molecule is COC(COc1ccc(-c2ccc(-c3ccc(OCC(OC)C4OC4C)cc3)cc2)cc1)C1OC1C. The fourth-order valence-electron chi connectivity index (χ4n) is 4.48. The third-order valence-electron chi connectivity index (χ3n) is 6.94. The molecule has 2 heterocycles. The van der Waals surface area contributed by atoms with Gasteiger partial charge in [0, 0.05) is 14.2 Å². The van der Waals surface area contributed by atoms with Gasteiger partial charge in [-0.05, 0) is 60.4 Å². The predicted octanol–water partition coefficient (Wildman–Crippen LogP) is 5.38. The van der Waals surface area contributed by atoms with Crippen LogP contribution >= 0.6 is 0 Å². The van der Waals surface area contributed by atoms with Crippen LogP contribution in [0.25, 0.3) is 22.3 Å². The molecule has 0 aromatic heterocycles. The lowest BCUT2D eigenvalue weighted by atomic mass is 10.0. The second-order valence-corrected chi connectivity index (χ2v) is 9.41. The highest BCUT2D eigenvalue weighted by atomic mass is 16.6. The van der Waals surface area contributed by atoms with E-state index in [4.69, 9.17) is 28.4 Å². The normalized spacial score (nSPS) is 24.1. The first-order valence-corrected chi connectivity index (χ1v) is 12.5. The van der Waals surface area contributed by atoms with Crippen molar-refractivity contribution >= 4 is 0 Å². The van der Waals surface area contributed by atoms with Crippen LogP contribution in [0.3, 0.4) is 0 Å². The molecular weight excluding hydrogens is 456 g/mol. The molecule has 2 aliphatic rings. The Hall–Kier alpha value is -2.90. The highest BCUT2D eigenvalue weighted by Gasteiger charge is 2.42. The Labute approximate surface area is 213 Å². The van der Waals surface area contributed by atoms with Gasteiger partial charge in [0.15, 0.2) is 0 Å². The van der Waals surface area contributed by atoms with Gasteiger partial charge in [0.25, 0.3) is 0 Å². The third-order valence-corrected chi connectivity index (χ3v) is 6.94. The van der Waals surface area contributed by atoms with E-state index in [1.54, 1.807) is 14.2 Å². The van der Waals surface area contributed by atoms with E-state index in [1.807, 2.05) is 38.1 Å². The molecule has 2 fully saturated rings. The van der Waals surface area contributed by atoms with E-state index in [-0.39, 0.29) is 36.6 Å². The van der Waals surface area contributed by atoms with Gasteiger partial charge in [-0.25, -0.2) is 0 Å². The molecule has 0 saturated carbocycles. The summed E-state index contributed by atoms with van der Waals surface area (Å²) in [6, 6.07) is 24.9. The van der Waals surface area contributed by atoms with Crippen LogP contribution in [0.15, 0.2) is 72.8 Å². The van der Waals surface area contributed by atoms with Crippen molar-refractivity contribution in [1.82, 2.24) is 0 Å². The van der Waals surface area contributed by atoms with Crippen LogP contribution in [0, 0.1) is 0 Å². The summed E-state index contributed by atoms with van der Waals surface area (Å²) in [6.07, 6.45) is 0.662. The molecule has 3 aromatic rings. The van der Waals surface area contributed by atoms with E-state index in [9.17, 15) is 0 Å². The fraction of sp³-hybridized carbons (Fsp3) is 0.400. The molecule has 190 valence electrons. The van der Waals surface area contributed by atoms with E-state index in [1.165, 1.54) is 0 Å². The molecule has 36 heavy (non-hydrogen) atoms. The summed E-state index contributed by atoms with van der Waals surface area (Å²) in [7, 11) is 3.39. The number of hydrogen-bond acceptors (Lipinski definition) is 6. The lowest BCUT2D eigenvalue weighted by Crippen LogP contribution is -2.27. The van der Waals surface area contributed by atoms with E-state index >= 15 is 0 Å². The first-order chi connectivity index (χ1) is 17.6. The Balaban J connectivity index is 1.15. The van der Waals surface area contributed by atoms with Gasteiger partial charge in [-0.2, -0.15) is 0 Å². The minimum absolute atomic E-state index is 0.0451. The molecule has 3 aromatic carbocycles. The smallest absolute Gasteiger partial charge is 0.120 e. The molecule has 0 amide bonds. The Morgan fingerprint density at radius 2 is 0.833 bits per heavy atom. The van der Waals surface area contributed by atoms with Crippen LogP contribution < -0.4 is 9.47 Å². The standard InChI is InChI=1S/C30H34O6/c1-19-29(35-19)27(31-3)17-33-25-13-9-23(10-14-25)21-5-7-22(8-6-21)24-11-15-26(16-12-24)34-18-28(32-4)30-20(2)36-30/h5-16,19-20,27-30H,17-18H2,1-4H3. The number of methoxy groups -OCH3 is 2. The summed E-state index contributed by atoms with van der Waals surface area (Å²) < 4.78 is 33.8. The van der Waals surface area contributed by atoms with Crippen molar-refractivity contribution in [3.05, 3.63) is 72.8 Å². The summed E-state index contributed by atoms with van der Waals surface area (Å²) in [5.41, 5.74) is 4.59. The maximum absolute atomic E-state index is 5.91. The topological polar surface area (TPSA) is 62.0 Å². The van der Waals surface area contributed by atoms with E-state index in [0.717, 1.165) is 33.8 Å². The van der Waals surface area contributed by atoms with E-state index < -0.39 is 0 Å². The fourth-order valence-corrected chi connectivity index (χ4v) is 4.48. The molecular formula is C30H34O6. The van der Waals surface area contributed by atoms with Gasteiger partial charge < -0.3 is 28.4 Å². The molecule has 6 unspecified atom stereocenters. The van der Waals surface area contributed by atoms with Gasteiger partial charge in [0.05, 0.1) is 12.2 Å².